The predicted molar refractivity (Wildman–Crippen MR) is 80.6 cm³/mol. The third-order valence-corrected chi connectivity index (χ3v) is 3.19. The van der Waals surface area contributed by atoms with Crippen LogP contribution in [0.25, 0.3) is 0 Å². The van der Waals surface area contributed by atoms with E-state index >= 15 is 0 Å². The van der Waals surface area contributed by atoms with E-state index in [0.29, 0.717) is 23.8 Å². The van der Waals surface area contributed by atoms with Gasteiger partial charge in [-0.1, -0.05) is 12.2 Å². The van der Waals surface area contributed by atoms with Crippen molar-refractivity contribution >= 4 is 23.0 Å². The van der Waals surface area contributed by atoms with E-state index in [1.165, 1.54) is 0 Å². The molecular formula is C12H17N7S. The van der Waals surface area contributed by atoms with E-state index in [1.807, 2.05) is 20.9 Å². The zero-order valence-corrected chi connectivity index (χ0v) is 12.5. The molecule has 0 amide bonds. The Labute approximate surface area is 122 Å². The summed E-state index contributed by atoms with van der Waals surface area (Å²) in [7, 11) is 1.84. The molecule has 0 fully saturated rings. The number of anilines is 1. The van der Waals surface area contributed by atoms with Gasteiger partial charge in [0.15, 0.2) is 11.6 Å². The number of rotatable bonds is 5. The van der Waals surface area contributed by atoms with Crippen LogP contribution in [0.3, 0.4) is 0 Å². The highest BCUT2D eigenvalue weighted by atomic mass is 32.1. The molecule has 20 heavy (non-hydrogen) atoms. The smallest absolute Gasteiger partial charge is 0.159 e. The highest BCUT2D eigenvalue weighted by Gasteiger charge is 2.13. The quantitative estimate of drug-likeness (QED) is 0.775. The second-order valence-electron chi connectivity index (χ2n) is 4.51. The zero-order valence-electron chi connectivity index (χ0n) is 11.7. The summed E-state index contributed by atoms with van der Waals surface area (Å²) in [6.45, 7) is 4.45. The van der Waals surface area contributed by atoms with E-state index < -0.39 is 0 Å². The maximum Gasteiger partial charge on any atom is 0.159 e. The summed E-state index contributed by atoms with van der Waals surface area (Å²) in [6.07, 6.45) is 2.36. The third-order valence-electron chi connectivity index (χ3n) is 2.99. The van der Waals surface area contributed by atoms with Crippen molar-refractivity contribution in [2.24, 2.45) is 12.8 Å². The monoisotopic (exact) mass is 291 g/mol. The molecule has 3 N–H and O–H groups in total. The molecule has 8 heteroatoms. The van der Waals surface area contributed by atoms with Gasteiger partial charge in [0.1, 0.15) is 11.3 Å². The van der Waals surface area contributed by atoms with Crippen LogP contribution in [0.4, 0.5) is 5.82 Å². The maximum absolute atomic E-state index is 5.77. The van der Waals surface area contributed by atoms with Crippen LogP contribution in [-0.2, 0) is 13.5 Å². The van der Waals surface area contributed by atoms with E-state index in [1.54, 1.807) is 11.0 Å². The summed E-state index contributed by atoms with van der Waals surface area (Å²) in [5.74, 6) is 1.38. The molecule has 0 aliphatic rings. The van der Waals surface area contributed by atoms with Gasteiger partial charge >= 0.3 is 0 Å². The van der Waals surface area contributed by atoms with Gasteiger partial charge in [-0.2, -0.15) is 10.2 Å². The van der Waals surface area contributed by atoms with Gasteiger partial charge in [0.2, 0.25) is 0 Å². The molecule has 0 aliphatic carbocycles. The number of aromatic nitrogens is 5. The number of thiocarbonyl (C=S) groups is 1. The number of aryl methyl sites for hydroxylation is 2. The molecule has 0 spiro atoms. The predicted octanol–water partition coefficient (Wildman–Crippen LogP) is 0.511. The van der Waals surface area contributed by atoms with Gasteiger partial charge in [0.25, 0.3) is 0 Å². The minimum atomic E-state index is 0.318. The fourth-order valence-electron chi connectivity index (χ4n) is 1.82. The molecule has 0 radical (unpaired) electrons. The van der Waals surface area contributed by atoms with E-state index in [2.05, 4.69) is 25.6 Å². The van der Waals surface area contributed by atoms with E-state index in [0.717, 1.165) is 22.6 Å². The number of hydrogen-bond acceptors (Lipinski definition) is 6. The molecule has 2 heterocycles. The molecule has 0 bridgehead atoms. The minimum absolute atomic E-state index is 0.318. The third kappa shape index (κ3) is 3.08. The summed E-state index contributed by atoms with van der Waals surface area (Å²) in [4.78, 5) is 4.48. The van der Waals surface area contributed by atoms with Crippen molar-refractivity contribution in [3.8, 4) is 0 Å². The number of nitrogens with two attached hydrogens (primary N) is 1. The van der Waals surface area contributed by atoms with Crippen LogP contribution in [0.5, 0.6) is 0 Å². The van der Waals surface area contributed by atoms with Crippen LogP contribution in [-0.4, -0.2) is 36.5 Å². The van der Waals surface area contributed by atoms with Gasteiger partial charge in [-0.15, -0.1) is 5.10 Å². The first-order valence-electron chi connectivity index (χ1n) is 6.21. The fourth-order valence-corrected chi connectivity index (χ4v) is 2.07. The van der Waals surface area contributed by atoms with Crippen LogP contribution in [0.2, 0.25) is 0 Å². The Morgan fingerprint density at radius 2 is 2.15 bits per heavy atom. The molecule has 2 rings (SSSR count). The summed E-state index contributed by atoms with van der Waals surface area (Å²) in [6, 6.07) is 0. The first-order chi connectivity index (χ1) is 9.49. The Morgan fingerprint density at radius 3 is 2.75 bits per heavy atom. The second kappa shape index (κ2) is 5.91. The molecule has 7 nitrogen and oxygen atoms in total. The van der Waals surface area contributed by atoms with Gasteiger partial charge in [0.05, 0.1) is 11.3 Å². The Kier molecular flexibility index (Phi) is 4.23. The molecule has 106 valence electrons. The van der Waals surface area contributed by atoms with E-state index in [-0.39, 0.29) is 0 Å². The lowest BCUT2D eigenvalue weighted by atomic mass is 10.1. The number of nitrogens with zero attached hydrogens (tertiary/aromatic N) is 5. The van der Waals surface area contributed by atoms with Crippen molar-refractivity contribution in [2.45, 2.75) is 20.3 Å². The van der Waals surface area contributed by atoms with Crippen LogP contribution in [0, 0.1) is 13.8 Å². The average Bonchev–Trinajstić information content (AvgIpc) is 2.79. The molecule has 0 unspecified atom stereocenters. The van der Waals surface area contributed by atoms with Crippen molar-refractivity contribution in [3.63, 3.8) is 0 Å². The highest BCUT2D eigenvalue weighted by Crippen LogP contribution is 2.18. The first-order valence-corrected chi connectivity index (χ1v) is 6.62. The Morgan fingerprint density at radius 1 is 1.40 bits per heavy atom. The van der Waals surface area contributed by atoms with Crippen LogP contribution in [0.15, 0.2) is 6.33 Å². The lowest BCUT2D eigenvalue weighted by molar-refractivity contribution is 0.741. The Hall–Kier alpha value is -2.09. The topological polar surface area (TPSA) is 94.5 Å². The van der Waals surface area contributed by atoms with Gasteiger partial charge in [-0.25, -0.2) is 4.98 Å². The minimum Gasteiger partial charge on any atom is -0.389 e. The Balaban J connectivity index is 2.09. The van der Waals surface area contributed by atoms with Crippen molar-refractivity contribution in [2.75, 3.05) is 11.9 Å². The van der Waals surface area contributed by atoms with Crippen molar-refractivity contribution in [3.05, 3.63) is 29.0 Å². The highest BCUT2D eigenvalue weighted by molar-refractivity contribution is 7.80. The molecule has 0 saturated heterocycles. The summed E-state index contributed by atoms with van der Waals surface area (Å²) >= 11 is 5.09. The molecule has 0 aliphatic heterocycles. The average molecular weight is 291 g/mol. The molecule has 2 aromatic rings. The second-order valence-corrected chi connectivity index (χ2v) is 4.95. The first kappa shape index (κ1) is 14.3. The molecule has 0 atom stereocenters. The van der Waals surface area contributed by atoms with Crippen LogP contribution < -0.4 is 11.1 Å². The standard InChI is InChI=1S/C12H17N7S/c1-7-8(2)16-17-12(10(7)11(13)20)14-5-4-9-15-6-19(3)18-9/h6H,4-5H2,1-3H3,(H2,13,20)(H,14,17). The molecule has 0 aromatic carbocycles. The van der Waals surface area contributed by atoms with Crippen molar-refractivity contribution < 1.29 is 0 Å². The van der Waals surface area contributed by atoms with Gasteiger partial charge in [-0.3, -0.25) is 4.68 Å². The normalized spacial score (nSPS) is 10.6. The van der Waals surface area contributed by atoms with E-state index in [4.69, 9.17) is 18.0 Å². The molecular weight excluding hydrogens is 274 g/mol. The lowest BCUT2D eigenvalue weighted by Gasteiger charge is -2.12. The fraction of sp³-hybridized carbons (Fsp3) is 0.417. The molecule has 2 aromatic heterocycles. The van der Waals surface area contributed by atoms with Crippen molar-refractivity contribution in [1.82, 2.24) is 25.0 Å². The Bertz CT molecular complexity index is 635. The molecule has 0 saturated carbocycles. The summed E-state index contributed by atoms with van der Waals surface area (Å²) in [5, 5.41) is 15.6. The van der Waals surface area contributed by atoms with Gasteiger partial charge in [0, 0.05) is 20.0 Å². The van der Waals surface area contributed by atoms with Gasteiger partial charge < -0.3 is 11.1 Å². The zero-order chi connectivity index (χ0) is 14.7. The van der Waals surface area contributed by atoms with Crippen LogP contribution in [0.1, 0.15) is 22.6 Å². The summed E-state index contributed by atoms with van der Waals surface area (Å²) < 4.78 is 1.67. The largest absolute Gasteiger partial charge is 0.389 e. The number of nitrogens with one attached hydrogen (secondary N) is 1. The number of hydrogen-bond donors (Lipinski definition) is 2. The summed E-state index contributed by atoms with van der Waals surface area (Å²) in [5.41, 5.74) is 8.29. The van der Waals surface area contributed by atoms with Crippen LogP contribution >= 0.6 is 12.2 Å². The van der Waals surface area contributed by atoms with E-state index in [9.17, 15) is 0 Å². The maximum atomic E-state index is 5.77. The van der Waals surface area contributed by atoms with Crippen molar-refractivity contribution in [1.29, 1.82) is 0 Å². The SMILES string of the molecule is Cc1nnc(NCCc2ncn(C)n2)c(C(N)=S)c1C. The van der Waals surface area contributed by atoms with Gasteiger partial charge in [-0.05, 0) is 19.4 Å². The lowest BCUT2D eigenvalue weighted by Crippen LogP contribution is -2.19.